The number of hydrogen-bond donors (Lipinski definition) is 2. The molecule has 1 spiro atoms. The minimum absolute atomic E-state index is 0.0185. The molecule has 2 aliphatic rings. The number of carbonyl (C=O) groups excluding carboxylic acids is 2. The number of benzene rings is 2. The minimum Gasteiger partial charge on any atom is -0.505 e. The zero-order chi connectivity index (χ0) is 37.9. The normalized spacial score (nSPS) is 16.5. The number of nitrogens with one attached hydrogen (secondary N) is 1. The molecule has 54 heavy (non-hydrogen) atoms. The first-order valence-corrected chi connectivity index (χ1v) is 17.0. The number of aromatic hydroxyl groups is 1. The Morgan fingerprint density at radius 2 is 1.80 bits per heavy atom. The third-order valence-electron chi connectivity index (χ3n) is 9.57. The van der Waals surface area contributed by atoms with Gasteiger partial charge < -0.3 is 29.0 Å². The lowest BCUT2D eigenvalue weighted by Crippen LogP contribution is -2.47. The summed E-state index contributed by atoms with van der Waals surface area (Å²) in [7, 11) is 0. The van der Waals surface area contributed by atoms with E-state index >= 15 is 0 Å². The van der Waals surface area contributed by atoms with Crippen molar-refractivity contribution in [2.45, 2.75) is 44.2 Å². The van der Waals surface area contributed by atoms with E-state index in [1.54, 1.807) is 31.2 Å². The fourth-order valence-electron chi connectivity index (χ4n) is 7.06. The van der Waals surface area contributed by atoms with E-state index < -0.39 is 47.4 Å². The van der Waals surface area contributed by atoms with Crippen molar-refractivity contribution >= 4 is 34.9 Å². The molecule has 6 heterocycles. The van der Waals surface area contributed by atoms with Crippen LogP contribution in [-0.2, 0) is 27.9 Å². The predicted octanol–water partition coefficient (Wildman–Crippen LogP) is 5.85. The number of pyridine rings is 1. The summed E-state index contributed by atoms with van der Waals surface area (Å²) in [6.07, 6.45) is -0.598. The van der Waals surface area contributed by atoms with Gasteiger partial charge in [0.15, 0.2) is 11.5 Å². The highest BCUT2D eigenvalue weighted by Crippen LogP contribution is 2.48. The first-order chi connectivity index (χ1) is 25.8. The fourth-order valence-corrected chi connectivity index (χ4v) is 7.29. The van der Waals surface area contributed by atoms with Gasteiger partial charge in [-0.3, -0.25) is 14.4 Å². The number of alkyl halides is 3. The van der Waals surface area contributed by atoms with Gasteiger partial charge in [0.05, 0.1) is 39.8 Å². The second kappa shape index (κ2) is 13.1. The van der Waals surface area contributed by atoms with Crippen LogP contribution in [0.15, 0.2) is 82.5 Å². The lowest BCUT2D eigenvalue weighted by molar-refractivity contribution is -0.137. The van der Waals surface area contributed by atoms with Crippen molar-refractivity contribution in [2.75, 3.05) is 18.4 Å². The Balaban J connectivity index is 1.18. The Hall–Kier alpha value is -6.07. The van der Waals surface area contributed by atoms with Gasteiger partial charge in [-0.05, 0) is 62.2 Å². The van der Waals surface area contributed by atoms with Crippen molar-refractivity contribution in [3.8, 4) is 28.6 Å². The van der Waals surface area contributed by atoms with Gasteiger partial charge >= 0.3 is 6.18 Å². The summed E-state index contributed by atoms with van der Waals surface area (Å²) in [4.78, 5) is 55.8. The minimum atomic E-state index is -4.63. The van der Waals surface area contributed by atoms with Gasteiger partial charge in [-0.2, -0.15) is 22.7 Å². The number of amides is 2. The zero-order valence-corrected chi connectivity index (χ0v) is 28.9. The number of rotatable bonds is 6. The Labute approximate surface area is 307 Å². The number of ether oxygens (including phenoxy) is 1. The van der Waals surface area contributed by atoms with Crippen LogP contribution in [0.5, 0.6) is 5.75 Å². The molecule has 2 amide bonds. The average Bonchev–Trinajstić information content (AvgIpc) is 3.90. The molecule has 1 atom stereocenters. The Morgan fingerprint density at radius 3 is 2.46 bits per heavy atom. The van der Waals surface area contributed by atoms with E-state index in [9.17, 15) is 32.7 Å². The van der Waals surface area contributed by atoms with E-state index in [1.165, 1.54) is 40.3 Å². The molecule has 2 N–H and O–H groups in total. The molecule has 2 aromatic carbocycles. The van der Waals surface area contributed by atoms with Crippen molar-refractivity contribution in [2.24, 2.45) is 0 Å². The highest BCUT2D eigenvalue weighted by Gasteiger charge is 2.50. The van der Waals surface area contributed by atoms with E-state index in [0.29, 0.717) is 22.7 Å². The number of anilines is 1. The van der Waals surface area contributed by atoms with Crippen molar-refractivity contribution < 1.29 is 37.0 Å². The van der Waals surface area contributed by atoms with Crippen LogP contribution in [0.25, 0.3) is 28.6 Å². The van der Waals surface area contributed by atoms with Crippen LogP contribution in [0, 0.1) is 0 Å². The van der Waals surface area contributed by atoms with Gasteiger partial charge in [-0.1, -0.05) is 23.7 Å². The molecular weight excluding hydrogens is 733 g/mol. The van der Waals surface area contributed by atoms with E-state index in [0.717, 1.165) is 22.7 Å². The van der Waals surface area contributed by atoms with Gasteiger partial charge in [-0.15, -0.1) is 5.10 Å². The van der Waals surface area contributed by atoms with Gasteiger partial charge in [-0.25, -0.2) is 9.97 Å². The lowest BCUT2D eigenvalue weighted by Gasteiger charge is -2.39. The number of oxazole rings is 1. The van der Waals surface area contributed by atoms with Crippen molar-refractivity contribution in [1.29, 1.82) is 0 Å². The van der Waals surface area contributed by atoms with E-state index in [-0.39, 0.29) is 65.3 Å². The van der Waals surface area contributed by atoms with Crippen LogP contribution in [-0.4, -0.2) is 64.0 Å². The summed E-state index contributed by atoms with van der Waals surface area (Å²) in [5, 5.41) is 17.0. The average molecular weight is 761 g/mol. The number of carbonyl (C=O) groups is 2. The number of nitrogens with zero attached hydrogens (tertiary/aromatic N) is 7. The van der Waals surface area contributed by atoms with Crippen LogP contribution < -0.4 is 10.9 Å². The van der Waals surface area contributed by atoms with Crippen LogP contribution >= 0.6 is 11.6 Å². The zero-order valence-electron chi connectivity index (χ0n) is 28.2. The molecule has 2 aliphatic heterocycles. The number of likely N-dealkylation sites (tertiary alicyclic amines) is 1. The molecule has 0 radical (unpaired) electrons. The van der Waals surface area contributed by atoms with Crippen LogP contribution in [0.3, 0.4) is 0 Å². The molecule has 14 nitrogen and oxygen atoms in total. The third-order valence-corrected chi connectivity index (χ3v) is 9.88. The largest absolute Gasteiger partial charge is 0.505 e. The SMILES string of the molecule is C[C@H]1OC2(CCN(C(=O)c3ncccc3O)CC2)c2c1n(CC(=O)Nc1ccc(C(F)(F)F)cc1Cl)c1nc(-c3ccc(-c4ncco4)cc3)nn1c2=O. The summed E-state index contributed by atoms with van der Waals surface area (Å²) >= 11 is 6.14. The fraction of sp³-hybridized carbons (Fsp3) is 0.250. The Bertz CT molecular complexity index is 2490. The maximum Gasteiger partial charge on any atom is 0.416 e. The summed E-state index contributed by atoms with van der Waals surface area (Å²) in [6.45, 7) is 1.60. The van der Waals surface area contributed by atoms with E-state index in [2.05, 4.69) is 25.4 Å². The molecule has 0 aliphatic carbocycles. The van der Waals surface area contributed by atoms with Crippen molar-refractivity contribution in [1.82, 2.24) is 34.0 Å². The molecule has 0 bridgehead atoms. The highest BCUT2D eigenvalue weighted by atomic mass is 35.5. The number of aromatic nitrogens is 6. The summed E-state index contributed by atoms with van der Waals surface area (Å²) in [5.41, 5.74) is -0.977. The number of piperidine rings is 1. The van der Waals surface area contributed by atoms with Crippen molar-refractivity contribution in [3.63, 3.8) is 0 Å². The number of hydrogen-bond acceptors (Lipinski definition) is 10. The topological polar surface area (TPSA) is 170 Å². The summed E-state index contributed by atoms with van der Waals surface area (Å²) in [5.74, 6) is -0.806. The molecule has 4 aromatic heterocycles. The first-order valence-electron chi connectivity index (χ1n) is 16.6. The van der Waals surface area contributed by atoms with Gasteiger partial charge in [0.25, 0.3) is 11.5 Å². The van der Waals surface area contributed by atoms with Crippen LogP contribution in [0.2, 0.25) is 5.02 Å². The Kier molecular flexibility index (Phi) is 8.49. The standard InChI is InChI=1S/C36H28ClF3N8O6/c1-19-29-27(35(54-19)10-14-46(15-11-35)33(52)28-25(49)3-2-12-41-28)32(51)48-34(44-30(45-48)20-4-6-21(7-5-20)31-42-13-16-53-31)47(29)18-26(50)43-24-9-8-22(17-23(24)37)36(38,39)40/h2-9,12-13,16-17,19,49H,10-11,14-15,18H2,1H3,(H,43,50)/t19-/m1/s1. The van der Waals surface area contributed by atoms with Gasteiger partial charge in [0.1, 0.15) is 24.2 Å². The van der Waals surface area contributed by atoms with Gasteiger partial charge in [0.2, 0.25) is 17.6 Å². The van der Waals surface area contributed by atoms with Crippen LogP contribution in [0.1, 0.15) is 53.2 Å². The molecule has 1 fully saturated rings. The second-order valence-electron chi connectivity index (χ2n) is 12.9. The third kappa shape index (κ3) is 6.04. The van der Waals surface area contributed by atoms with E-state index in [1.807, 2.05) is 0 Å². The molecule has 18 heteroatoms. The maximum absolute atomic E-state index is 14.5. The van der Waals surface area contributed by atoms with Crippen molar-refractivity contribution in [3.05, 3.63) is 111 Å². The monoisotopic (exact) mass is 760 g/mol. The highest BCUT2D eigenvalue weighted by molar-refractivity contribution is 6.33. The summed E-state index contributed by atoms with van der Waals surface area (Å²) in [6, 6.07) is 12.4. The quantitative estimate of drug-likeness (QED) is 0.210. The number of fused-ring (bicyclic) bond motifs is 3. The second-order valence-corrected chi connectivity index (χ2v) is 13.3. The molecule has 1 saturated heterocycles. The smallest absolute Gasteiger partial charge is 0.416 e. The first kappa shape index (κ1) is 35.0. The van der Waals surface area contributed by atoms with E-state index in [4.69, 9.17) is 20.8 Å². The molecule has 0 saturated carbocycles. The maximum atomic E-state index is 14.5. The molecule has 0 unspecified atom stereocenters. The van der Waals surface area contributed by atoms with Crippen LogP contribution in [0.4, 0.5) is 18.9 Å². The Morgan fingerprint density at radius 1 is 1.06 bits per heavy atom. The molecular formula is C36H28ClF3N8O6. The predicted molar refractivity (Wildman–Crippen MR) is 185 cm³/mol. The lowest BCUT2D eigenvalue weighted by atomic mass is 9.85. The number of halogens is 4. The molecule has 8 rings (SSSR count). The molecule has 6 aromatic rings. The summed E-state index contributed by atoms with van der Waals surface area (Å²) < 4.78 is 54.3. The van der Waals surface area contributed by atoms with Gasteiger partial charge in [0, 0.05) is 30.4 Å². The molecule has 276 valence electrons.